The Morgan fingerprint density at radius 3 is 1.89 bits per heavy atom. The number of hydrogen-bond donors (Lipinski definition) is 2. The van der Waals surface area contributed by atoms with Crippen LogP contribution in [0.2, 0.25) is 0 Å². The van der Waals surface area contributed by atoms with Gasteiger partial charge in [0.25, 0.3) is 0 Å². The molecular formula is C30H32N2O2P2. The van der Waals surface area contributed by atoms with E-state index in [-0.39, 0.29) is 0 Å². The van der Waals surface area contributed by atoms with Gasteiger partial charge in [-0.05, 0) is 82.6 Å². The van der Waals surface area contributed by atoms with Crippen LogP contribution in [0.15, 0.2) is 72.8 Å². The van der Waals surface area contributed by atoms with Gasteiger partial charge >= 0.3 is 0 Å². The molecule has 1 heterocycles. The Hall–Kier alpha value is -3.06. The normalized spacial score (nSPS) is 15.0. The summed E-state index contributed by atoms with van der Waals surface area (Å²) in [4.78, 5) is 0. The smallest absolute Gasteiger partial charge is 0.178 e. The van der Waals surface area contributed by atoms with Crippen LogP contribution in [0.4, 0.5) is 11.4 Å². The molecule has 4 N–H and O–H groups in total. The third kappa shape index (κ3) is 4.23. The highest BCUT2D eigenvalue weighted by molar-refractivity contribution is 8.25. The third-order valence-electron chi connectivity index (χ3n) is 6.85. The van der Waals surface area contributed by atoms with Gasteiger partial charge in [-0.3, -0.25) is 0 Å². The van der Waals surface area contributed by atoms with Crippen LogP contribution in [0.25, 0.3) is 33.4 Å². The molecule has 1 aliphatic rings. The van der Waals surface area contributed by atoms with Crippen molar-refractivity contribution in [2.45, 2.75) is 33.6 Å². The van der Waals surface area contributed by atoms with E-state index in [1.807, 2.05) is 43.3 Å². The van der Waals surface area contributed by atoms with Crippen LogP contribution in [-0.2, 0) is 17.4 Å². The van der Waals surface area contributed by atoms with Gasteiger partial charge in [0.15, 0.2) is 7.84 Å². The summed E-state index contributed by atoms with van der Waals surface area (Å²) in [6, 6.07) is 24.6. The van der Waals surface area contributed by atoms with Gasteiger partial charge in [0.05, 0.1) is 0 Å². The molecule has 5 rings (SSSR count). The maximum Gasteiger partial charge on any atom is 0.178 e. The van der Waals surface area contributed by atoms with E-state index in [9.17, 15) is 4.57 Å². The van der Waals surface area contributed by atoms with Crippen LogP contribution in [0.1, 0.15) is 31.9 Å². The summed E-state index contributed by atoms with van der Waals surface area (Å²) in [5.74, 6) is 0.852. The highest BCUT2D eigenvalue weighted by Gasteiger charge is 2.36. The Morgan fingerprint density at radius 1 is 0.750 bits per heavy atom. The summed E-state index contributed by atoms with van der Waals surface area (Å²) < 4.78 is 20.3. The lowest BCUT2D eigenvalue weighted by Crippen LogP contribution is -2.19. The zero-order valence-electron chi connectivity index (χ0n) is 21.0. The van der Waals surface area contributed by atoms with E-state index >= 15 is 0 Å². The van der Waals surface area contributed by atoms with E-state index < -0.39 is 15.3 Å². The average molecular weight is 515 g/mol. The Labute approximate surface area is 215 Å². The first-order valence-electron chi connectivity index (χ1n) is 12.5. The SMILES string of the molecule is CCc1cccc2c1-c1cc(CC)c(-c3ccc(N)cc3)c(-c3ccc(N)cc3)c1P([PH](=O)CC)O2. The van der Waals surface area contributed by atoms with Gasteiger partial charge in [-0.1, -0.05) is 57.2 Å². The van der Waals surface area contributed by atoms with E-state index in [2.05, 4.69) is 50.2 Å². The first kappa shape index (κ1) is 24.6. The highest BCUT2D eigenvalue weighted by Crippen LogP contribution is 2.66. The fourth-order valence-electron chi connectivity index (χ4n) is 5.04. The Balaban J connectivity index is 1.96. The maximum absolute atomic E-state index is 13.6. The summed E-state index contributed by atoms with van der Waals surface area (Å²) >= 11 is 0. The van der Waals surface area contributed by atoms with Crippen molar-refractivity contribution in [3.05, 3.63) is 83.9 Å². The monoisotopic (exact) mass is 514 g/mol. The van der Waals surface area contributed by atoms with Crippen LogP contribution >= 0.6 is 15.3 Å². The molecule has 0 spiro atoms. The molecule has 0 aliphatic carbocycles. The molecule has 2 unspecified atom stereocenters. The first-order valence-corrected chi connectivity index (χ1v) is 16.2. The standard InChI is InChI=1S/C30H32N2O2P2/c1-4-19-8-7-9-26-28(19)25-18-20(5-2)27(21-10-14-23(31)15-11-21)29(22-12-16-24(32)17-13-22)30(25)36(34-26)35(33)6-3/h7-18,35H,4-6,31-32H2,1-3H3. The van der Waals surface area contributed by atoms with Gasteiger partial charge in [-0.2, -0.15) is 0 Å². The Bertz CT molecular complexity index is 1450. The second-order valence-electron chi connectivity index (χ2n) is 9.06. The number of benzene rings is 4. The van der Waals surface area contributed by atoms with E-state index in [1.165, 1.54) is 11.1 Å². The topological polar surface area (TPSA) is 78.3 Å². The second kappa shape index (κ2) is 10.1. The molecule has 0 amide bonds. The first-order chi connectivity index (χ1) is 17.5. The molecular weight excluding hydrogens is 482 g/mol. The molecule has 0 radical (unpaired) electrons. The van der Waals surface area contributed by atoms with Crippen molar-refractivity contribution in [3.8, 4) is 39.1 Å². The maximum atomic E-state index is 13.6. The van der Waals surface area contributed by atoms with Crippen LogP contribution in [0.3, 0.4) is 0 Å². The number of hydrogen-bond acceptors (Lipinski definition) is 4. The van der Waals surface area contributed by atoms with Crippen LogP contribution in [-0.4, -0.2) is 6.16 Å². The zero-order chi connectivity index (χ0) is 25.4. The predicted octanol–water partition coefficient (Wildman–Crippen LogP) is 7.89. The fourth-order valence-corrected chi connectivity index (χ4v) is 9.86. The molecule has 0 saturated carbocycles. The molecule has 36 heavy (non-hydrogen) atoms. The molecule has 2 atom stereocenters. The Morgan fingerprint density at radius 2 is 1.33 bits per heavy atom. The summed E-state index contributed by atoms with van der Waals surface area (Å²) in [5.41, 5.74) is 22.8. The molecule has 0 saturated heterocycles. The molecule has 4 nitrogen and oxygen atoms in total. The lowest BCUT2D eigenvalue weighted by atomic mass is 9.84. The predicted molar refractivity (Wildman–Crippen MR) is 157 cm³/mol. The second-order valence-corrected chi connectivity index (χ2v) is 14.5. The fraction of sp³-hybridized carbons (Fsp3) is 0.200. The molecule has 4 aromatic rings. The van der Waals surface area contributed by atoms with Gasteiger partial charge in [0.2, 0.25) is 0 Å². The zero-order valence-corrected chi connectivity index (χ0v) is 22.9. The third-order valence-corrected chi connectivity index (χ3v) is 12.4. The van der Waals surface area contributed by atoms with Gasteiger partial charge < -0.3 is 20.6 Å². The minimum atomic E-state index is -2.02. The average Bonchev–Trinajstić information content (AvgIpc) is 2.91. The van der Waals surface area contributed by atoms with Crippen molar-refractivity contribution in [1.82, 2.24) is 0 Å². The molecule has 0 bridgehead atoms. The van der Waals surface area contributed by atoms with Crippen molar-refractivity contribution >= 4 is 32.0 Å². The van der Waals surface area contributed by atoms with Crippen LogP contribution in [0.5, 0.6) is 5.75 Å². The van der Waals surface area contributed by atoms with Gasteiger partial charge in [0.1, 0.15) is 13.2 Å². The number of rotatable bonds is 6. The summed E-state index contributed by atoms with van der Waals surface area (Å²) in [5, 5.41) is 1.08. The summed E-state index contributed by atoms with van der Waals surface area (Å²) in [7, 11) is -3.36. The van der Waals surface area contributed by atoms with Gasteiger partial charge in [0, 0.05) is 34.0 Å². The number of fused-ring (bicyclic) bond motifs is 3. The number of aryl methyl sites for hydroxylation is 2. The minimum Gasteiger partial charge on any atom is -0.461 e. The quantitative estimate of drug-likeness (QED) is 0.203. The van der Waals surface area contributed by atoms with Crippen molar-refractivity contribution in [2.75, 3.05) is 17.6 Å². The molecule has 0 fully saturated rings. The Kier molecular flexibility index (Phi) is 6.93. The minimum absolute atomic E-state index is 0.604. The van der Waals surface area contributed by atoms with E-state index in [0.717, 1.165) is 63.0 Å². The van der Waals surface area contributed by atoms with E-state index in [0.29, 0.717) is 11.8 Å². The van der Waals surface area contributed by atoms with Gasteiger partial charge in [-0.25, -0.2) is 0 Å². The number of nitrogen functional groups attached to an aromatic ring is 2. The summed E-state index contributed by atoms with van der Waals surface area (Å²) in [6.07, 6.45) is 2.36. The van der Waals surface area contributed by atoms with Crippen LogP contribution < -0.4 is 21.3 Å². The molecule has 0 aromatic heterocycles. The van der Waals surface area contributed by atoms with Crippen molar-refractivity contribution in [3.63, 3.8) is 0 Å². The van der Waals surface area contributed by atoms with Crippen molar-refractivity contribution in [2.24, 2.45) is 0 Å². The van der Waals surface area contributed by atoms with Crippen molar-refractivity contribution < 1.29 is 9.09 Å². The number of nitrogens with two attached hydrogens (primary N) is 2. The van der Waals surface area contributed by atoms with Gasteiger partial charge in [-0.15, -0.1) is 0 Å². The number of anilines is 2. The molecule has 184 valence electrons. The molecule has 4 aromatic carbocycles. The summed E-state index contributed by atoms with van der Waals surface area (Å²) in [6.45, 7) is 6.36. The van der Waals surface area contributed by atoms with Crippen LogP contribution in [0, 0.1) is 0 Å². The van der Waals surface area contributed by atoms with E-state index in [1.54, 1.807) is 0 Å². The lowest BCUT2D eigenvalue weighted by molar-refractivity contribution is 0.588. The molecule has 1 aliphatic heterocycles. The van der Waals surface area contributed by atoms with Crippen molar-refractivity contribution in [1.29, 1.82) is 0 Å². The van der Waals surface area contributed by atoms with E-state index in [4.69, 9.17) is 16.0 Å². The largest absolute Gasteiger partial charge is 0.461 e. The molecule has 6 heteroatoms. The highest BCUT2D eigenvalue weighted by atomic mass is 32.1. The lowest BCUT2D eigenvalue weighted by Gasteiger charge is -2.33.